The zero-order valence-corrected chi connectivity index (χ0v) is 11.7. The van der Waals surface area contributed by atoms with Gasteiger partial charge < -0.3 is 9.29 Å². The Hall–Kier alpha value is -1.07. The van der Waals surface area contributed by atoms with Crippen LogP contribution in [0.1, 0.15) is 25.8 Å². The second-order valence-electron chi connectivity index (χ2n) is 3.94. The van der Waals surface area contributed by atoms with Gasteiger partial charge in [0, 0.05) is 5.71 Å². The Labute approximate surface area is 110 Å². The van der Waals surface area contributed by atoms with E-state index in [1.54, 1.807) is 18.4 Å². The summed E-state index contributed by atoms with van der Waals surface area (Å²) < 4.78 is 29.7. The van der Waals surface area contributed by atoms with E-state index in [0.717, 1.165) is 17.7 Å². The molecule has 0 aliphatic heterocycles. The summed E-state index contributed by atoms with van der Waals surface area (Å²) >= 11 is -0.967. The molecule has 0 saturated heterocycles. The SMILES string of the molecule is CCCOc1cc(/C(C)=N/C[S@+](C)[O-])ccc1F. The second kappa shape index (κ2) is 7.38. The molecule has 1 aromatic rings. The number of rotatable bonds is 6. The summed E-state index contributed by atoms with van der Waals surface area (Å²) in [6.45, 7) is 4.25. The molecule has 0 aromatic heterocycles. The Bertz CT molecular complexity index is 421. The van der Waals surface area contributed by atoms with Gasteiger partial charge in [0.1, 0.15) is 0 Å². The topological polar surface area (TPSA) is 44.6 Å². The van der Waals surface area contributed by atoms with Crippen molar-refractivity contribution < 1.29 is 13.7 Å². The number of aliphatic imine (C=N–C) groups is 1. The van der Waals surface area contributed by atoms with Crippen LogP contribution in [0.2, 0.25) is 0 Å². The van der Waals surface area contributed by atoms with E-state index in [-0.39, 0.29) is 17.4 Å². The lowest BCUT2D eigenvalue weighted by molar-refractivity contribution is 0.301. The number of benzene rings is 1. The van der Waals surface area contributed by atoms with Crippen molar-refractivity contribution in [1.29, 1.82) is 0 Å². The molecule has 100 valence electrons. The zero-order chi connectivity index (χ0) is 13.5. The van der Waals surface area contributed by atoms with Crippen molar-refractivity contribution in [1.82, 2.24) is 0 Å². The quantitative estimate of drug-likeness (QED) is 0.590. The molecule has 0 unspecified atom stereocenters. The van der Waals surface area contributed by atoms with Gasteiger partial charge in [-0.2, -0.15) is 0 Å². The molecule has 0 bridgehead atoms. The Morgan fingerprint density at radius 2 is 2.22 bits per heavy atom. The van der Waals surface area contributed by atoms with E-state index in [0.29, 0.717) is 6.61 Å². The average Bonchev–Trinajstić information content (AvgIpc) is 2.35. The zero-order valence-electron chi connectivity index (χ0n) is 10.9. The van der Waals surface area contributed by atoms with Gasteiger partial charge in [-0.05, 0) is 48.3 Å². The van der Waals surface area contributed by atoms with Crippen molar-refractivity contribution in [2.45, 2.75) is 20.3 Å². The lowest BCUT2D eigenvalue weighted by Crippen LogP contribution is -2.05. The highest BCUT2D eigenvalue weighted by Crippen LogP contribution is 2.19. The minimum Gasteiger partial charge on any atom is -0.615 e. The van der Waals surface area contributed by atoms with Gasteiger partial charge in [-0.3, -0.25) is 0 Å². The highest BCUT2D eigenvalue weighted by atomic mass is 32.2. The molecule has 5 heteroatoms. The lowest BCUT2D eigenvalue weighted by Gasteiger charge is -2.08. The fraction of sp³-hybridized carbons (Fsp3) is 0.462. The maximum Gasteiger partial charge on any atom is 0.195 e. The van der Waals surface area contributed by atoms with Crippen LogP contribution in [0.25, 0.3) is 0 Å². The molecule has 1 atom stereocenters. The van der Waals surface area contributed by atoms with E-state index in [1.807, 2.05) is 13.8 Å². The number of nitrogens with zero attached hydrogens (tertiary/aromatic N) is 1. The Morgan fingerprint density at radius 3 is 2.83 bits per heavy atom. The van der Waals surface area contributed by atoms with Crippen molar-refractivity contribution in [3.63, 3.8) is 0 Å². The fourth-order valence-electron chi connectivity index (χ4n) is 1.33. The molecule has 0 amide bonds. The molecular weight excluding hydrogens is 253 g/mol. The molecular formula is C13H18FNO2S. The molecule has 1 rings (SSSR count). The second-order valence-corrected chi connectivity index (χ2v) is 5.34. The first kappa shape index (κ1) is 15.0. The molecule has 1 aromatic carbocycles. The highest BCUT2D eigenvalue weighted by Gasteiger charge is 2.07. The van der Waals surface area contributed by atoms with Gasteiger partial charge in [-0.15, -0.1) is 0 Å². The first-order valence-corrected chi connectivity index (χ1v) is 7.51. The summed E-state index contributed by atoms with van der Waals surface area (Å²) in [5.74, 6) is 0.120. The largest absolute Gasteiger partial charge is 0.615 e. The average molecular weight is 271 g/mol. The summed E-state index contributed by atoms with van der Waals surface area (Å²) in [5, 5.41) is 0. The standard InChI is InChI=1S/C13H18FNO2S/c1-4-7-17-13-8-11(5-6-12(13)14)10(2)15-9-18(3)16/h5-6,8H,4,7,9H2,1-3H3/b15-10+/t18-/m0/s1. The van der Waals surface area contributed by atoms with E-state index in [2.05, 4.69) is 4.99 Å². The van der Waals surface area contributed by atoms with Crippen LogP contribution in [-0.4, -0.2) is 29.0 Å². The maximum absolute atomic E-state index is 13.5. The molecule has 0 fully saturated rings. The van der Waals surface area contributed by atoms with E-state index < -0.39 is 11.2 Å². The van der Waals surface area contributed by atoms with Gasteiger partial charge in [-0.1, -0.05) is 6.92 Å². The molecule has 0 N–H and O–H groups in total. The first-order chi connectivity index (χ1) is 8.54. The molecule has 18 heavy (non-hydrogen) atoms. The number of hydrogen-bond donors (Lipinski definition) is 0. The number of hydrogen-bond acceptors (Lipinski definition) is 3. The van der Waals surface area contributed by atoms with Crippen LogP contribution in [0.4, 0.5) is 4.39 Å². The monoisotopic (exact) mass is 271 g/mol. The van der Waals surface area contributed by atoms with Gasteiger partial charge in [0.25, 0.3) is 0 Å². The van der Waals surface area contributed by atoms with Crippen LogP contribution in [0.5, 0.6) is 5.75 Å². The van der Waals surface area contributed by atoms with Crippen LogP contribution < -0.4 is 4.74 Å². The summed E-state index contributed by atoms with van der Waals surface area (Å²) in [6, 6.07) is 4.64. The maximum atomic E-state index is 13.5. The molecule has 0 spiro atoms. The normalized spacial score (nSPS) is 13.5. The Morgan fingerprint density at radius 1 is 1.50 bits per heavy atom. The molecule has 0 aliphatic carbocycles. The predicted octanol–water partition coefficient (Wildman–Crippen LogP) is 2.76. The van der Waals surface area contributed by atoms with Crippen LogP contribution in [0, 0.1) is 5.82 Å². The molecule has 0 aliphatic rings. The van der Waals surface area contributed by atoms with Crippen LogP contribution in [-0.2, 0) is 11.2 Å². The smallest absolute Gasteiger partial charge is 0.195 e. The van der Waals surface area contributed by atoms with Crippen LogP contribution in [0.15, 0.2) is 23.2 Å². The Balaban J connectivity index is 2.86. The lowest BCUT2D eigenvalue weighted by atomic mass is 10.1. The third-order valence-electron chi connectivity index (χ3n) is 2.29. The van der Waals surface area contributed by atoms with E-state index in [9.17, 15) is 8.94 Å². The molecule has 0 saturated carbocycles. The van der Waals surface area contributed by atoms with Gasteiger partial charge in [0.2, 0.25) is 0 Å². The third kappa shape index (κ3) is 4.66. The van der Waals surface area contributed by atoms with Crippen LogP contribution >= 0.6 is 0 Å². The van der Waals surface area contributed by atoms with Crippen LogP contribution in [0.3, 0.4) is 0 Å². The number of halogens is 1. The number of ether oxygens (including phenoxy) is 1. The van der Waals surface area contributed by atoms with E-state index in [1.165, 1.54) is 6.07 Å². The summed E-state index contributed by atoms with van der Waals surface area (Å²) in [7, 11) is 0. The van der Waals surface area contributed by atoms with Crippen molar-refractivity contribution in [3.8, 4) is 5.75 Å². The summed E-state index contributed by atoms with van der Waals surface area (Å²) in [5.41, 5.74) is 1.51. The fourth-order valence-corrected chi connectivity index (χ4v) is 1.71. The van der Waals surface area contributed by atoms with E-state index in [4.69, 9.17) is 4.74 Å². The first-order valence-electron chi connectivity index (χ1n) is 5.78. The molecule has 0 radical (unpaired) electrons. The van der Waals surface area contributed by atoms with Gasteiger partial charge in [0.15, 0.2) is 17.4 Å². The highest BCUT2D eigenvalue weighted by molar-refractivity contribution is 7.90. The van der Waals surface area contributed by atoms with Crippen molar-refractivity contribution >= 4 is 16.9 Å². The third-order valence-corrected chi connectivity index (χ3v) is 2.79. The minimum absolute atomic E-state index is 0.238. The summed E-state index contributed by atoms with van der Waals surface area (Å²) in [4.78, 5) is 4.18. The van der Waals surface area contributed by atoms with Gasteiger partial charge >= 0.3 is 0 Å². The summed E-state index contributed by atoms with van der Waals surface area (Å²) in [6.07, 6.45) is 2.42. The van der Waals surface area contributed by atoms with Gasteiger partial charge in [-0.25, -0.2) is 9.38 Å². The van der Waals surface area contributed by atoms with Crippen molar-refractivity contribution in [2.75, 3.05) is 18.7 Å². The van der Waals surface area contributed by atoms with Crippen molar-refractivity contribution in [2.24, 2.45) is 4.99 Å². The van der Waals surface area contributed by atoms with Crippen molar-refractivity contribution in [3.05, 3.63) is 29.6 Å². The van der Waals surface area contributed by atoms with Gasteiger partial charge in [0.05, 0.1) is 12.9 Å². The molecule has 3 nitrogen and oxygen atoms in total. The Kier molecular flexibility index (Phi) is 6.15. The van der Waals surface area contributed by atoms with E-state index >= 15 is 0 Å². The predicted molar refractivity (Wildman–Crippen MR) is 73.3 cm³/mol. The molecule has 0 heterocycles. The minimum atomic E-state index is -0.967.